The number of ketones is 1. The first-order chi connectivity index (χ1) is 12.2. The quantitative estimate of drug-likeness (QED) is 0.533. The molecule has 0 fully saturated rings. The average Bonchev–Trinajstić information content (AvgIpc) is 2.68. The van der Waals surface area contributed by atoms with Crippen LogP contribution in [0.25, 0.3) is 0 Å². The van der Waals surface area contributed by atoms with Gasteiger partial charge in [-0.05, 0) is 30.3 Å². The minimum absolute atomic E-state index is 0.0656. The molecule has 0 saturated carbocycles. The van der Waals surface area contributed by atoms with Gasteiger partial charge < -0.3 is 5.32 Å². The minimum atomic E-state index is -0.204. The van der Waals surface area contributed by atoms with Gasteiger partial charge in [-0.25, -0.2) is 0 Å². The number of Topliss-reactive ketones (excluding diaryl/α,β-unsaturated/α-hetero) is 1. The van der Waals surface area contributed by atoms with Crippen LogP contribution in [0, 0.1) is 0 Å². The molecule has 1 amide bonds. The number of carbonyl (C=O) groups is 2. The summed E-state index contributed by atoms with van der Waals surface area (Å²) in [4.78, 5) is 29.3. The molecule has 3 aromatic rings. The van der Waals surface area contributed by atoms with Crippen molar-refractivity contribution in [1.82, 2.24) is 4.98 Å². The first-order valence-corrected chi connectivity index (χ1v) is 8.73. The van der Waals surface area contributed by atoms with E-state index in [1.54, 1.807) is 48.8 Å². The Hall–Kier alpha value is -2.92. The molecule has 0 spiro atoms. The first kappa shape index (κ1) is 16.9. The van der Waals surface area contributed by atoms with Crippen LogP contribution in [0.1, 0.15) is 20.7 Å². The van der Waals surface area contributed by atoms with Crippen LogP contribution in [0.3, 0.4) is 0 Å². The summed E-state index contributed by atoms with van der Waals surface area (Å²) in [6.07, 6.45) is 3.24. The Balaban J connectivity index is 1.63. The number of rotatable bonds is 6. The van der Waals surface area contributed by atoms with E-state index in [-0.39, 0.29) is 11.7 Å². The molecule has 0 saturated heterocycles. The van der Waals surface area contributed by atoms with Gasteiger partial charge in [0.25, 0.3) is 5.91 Å². The second-order valence-corrected chi connectivity index (χ2v) is 6.35. The van der Waals surface area contributed by atoms with Crippen molar-refractivity contribution in [2.75, 3.05) is 11.1 Å². The molecular weight excluding hydrogens is 332 g/mol. The summed E-state index contributed by atoms with van der Waals surface area (Å²) in [5, 5.41) is 2.80. The lowest BCUT2D eigenvalue weighted by molar-refractivity contribution is 0.101. The molecule has 4 nitrogen and oxygen atoms in total. The Bertz CT molecular complexity index is 867. The Labute approximate surface area is 150 Å². The fourth-order valence-corrected chi connectivity index (χ4v) is 3.07. The molecule has 0 atom stereocenters. The summed E-state index contributed by atoms with van der Waals surface area (Å²) in [5.41, 5.74) is 1.88. The van der Waals surface area contributed by atoms with Gasteiger partial charge in [-0.2, -0.15) is 0 Å². The Morgan fingerprint density at radius 1 is 0.920 bits per heavy atom. The molecule has 3 rings (SSSR count). The van der Waals surface area contributed by atoms with Gasteiger partial charge >= 0.3 is 0 Å². The van der Waals surface area contributed by atoms with Crippen LogP contribution in [-0.4, -0.2) is 22.4 Å². The van der Waals surface area contributed by atoms with Crippen LogP contribution in [0.2, 0.25) is 0 Å². The van der Waals surface area contributed by atoms with E-state index < -0.39 is 0 Å². The minimum Gasteiger partial charge on any atom is -0.321 e. The lowest BCUT2D eigenvalue weighted by atomic mass is 10.2. The van der Waals surface area contributed by atoms with E-state index in [0.29, 0.717) is 22.6 Å². The molecule has 5 heteroatoms. The first-order valence-electron chi connectivity index (χ1n) is 7.75. The van der Waals surface area contributed by atoms with Crippen molar-refractivity contribution in [3.8, 4) is 0 Å². The second kappa shape index (κ2) is 8.26. The summed E-state index contributed by atoms with van der Waals surface area (Å²) < 4.78 is 0. The summed E-state index contributed by atoms with van der Waals surface area (Å²) in [7, 11) is 0. The van der Waals surface area contributed by atoms with Gasteiger partial charge in [0, 0.05) is 22.2 Å². The van der Waals surface area contributed by atoms with E-state index in [0.717, 1.165) is 4.90 Å². The van der Waals surface area contributed by atoms with Crippen molar-refractivity contribution in [2.24, 2.45) is 0 Å². The number of thioether (sulfide) groups is 1. The van der Waals surface area contributed by atoms with Crippen LogP contribution >= 0.6 is 11.8 Å². The molecule has 0 aliphatic heterocycles. The molecule has 1 heterocycles. The van der Waals surface area contributed by atoms with Crippen LogP contribution in [0.5, 0.6) is 0 Å². The Morgan fingerprint density at radius 3 is 2.48 bits per heavy atom. The van der Waals surface area contributed by atoms with E-state index in [1.165, 1.54) is 11.8 Å². The maximum absolute atomic E-state index is 12.3. The summed E-state index contributed by atoms with van der Waals surface area (Å²) >= 11 is 1.42. The third kappa shape index (κ3) is 4.78. The highest BCUT2D eigenvalue weighted by Gasteiger charge is 2.09. The lowest BCUT2D eigenvalue weighted by Gasteiger charge is -2.07. The van der Waals surface area contributed by atoms with Crippen molar-refractivity contribution >= 4 is 29.1 Å². The monoisotopic (exact) mass is 348 g/mol. The van der Waals surface area contributed by atoms with Crippen LogP contribution < -0.4 is 5.32 Å². The van der Waals surface area contributed by atoms with Crippen LogP contribution in [-0.2, 0) is 0 Å². The van der Waals surface area contributed by atoms with Gasteiger partial charge in [-0.1, -0.05) is 36.4 Å². The predicted molar refractivity (Wildman–Crippen MR) is 100 cm³/mol. The molecule has 0 aliphatic carbocycles. The fraction of sp³-hybridized carbons (Fsp3) is 0.0500. The zero-order chi connectivity index (χ0) is 17.5. The van der Waals surface area contributed by atoms with E-state index in [4.69, 9.17) is 0 Å². The fourth-order valence-electron chi connectivity index (χ4n) is 2.22. The number of hydrogen-bond acceptors (Lipinski definition) is 4. The van der Waals surface area contributed by atoms with Gasteiger partial charge in [0.2, 0.25) is 0 Å². The van der Waals surface area contributed by atoms with Crippen molar-refractivity contribution < 1.29 is 9.59 Å². The van der Waals surface area contributed by atoms with Crippen molar-refractivity contribution in [3.05, 3.63) is 90.3 Å². The van der Waals surface area contributed by atoms with E-state index >= 15 is 0 Å². The SMILES string of the molecule is O=C(CSc1cccc(C(=O)Nc2cccnc2)c1)c1ccccc1. The van der Waals surface area contributed by atoms with Gasteiger partial charge in [-0.3, -0.25) is 14.6 Å². The van der Waals surface area contributed by atoms with Gasteiger partial charge in [-0.15, -0.1) is 11.8 Å². The number of amides is 1. The number of nitrogens with one attached hydrogen (secondary N) is 1. The number of aromatic nitrogens is 1. The molecule has 1 N–H and O–H groups in total. The summed E-state index contributed by atoms with van der Waals surface area (Å²) in [6.45, 7) is 0. The van der Waals surface area contributed by atoms with Crippen molar-refractivity contribution in [2.45, 2.75) is 4.90 Å². The molecule has 1 aromatic heterocycles. The maximum atomic E-state index is 12.3. The average molecular weight is 348 g/mol. The standard InChI is InChI=1S/C20H16N2O2S/c23-19(15-6-2-1-3-7-15)14-25-18-10-4-8-16(12-18)20(24)22-17-9-5-11-21-13-17/h1-13H,14H2,(H,22,24). The molecule has 0 aliphatic rings. The molecular formula is C20H16N2O2S. The second-order valence-electron chi connectivity index (χ2n) is 5.30. The van der Waals surface area contributed by atoms with Gasteiger partial charge in [0.1, 0.15) is 0 Å². The van der Waals surface area contributed by atoms with E-state index in [1.807, 2.05) is 30.3 Å². The normalized spacial score (nSPS) is 10.2. The predicted octanol–water partition coefficient (Wildman–Crippen LogP) is 4.31. The highest BCUT2D eigenvalue weighted by molar-refractivity contribution is 8.00. The van der Waals surface area contributed by atoms with Crippen LogP contribution in [0.15, 0.2) is 84.0 Å². The van der Waals surface area contributed by atoms with E-state index in [9.17, 15) is 9.59 Å². The Morgan fingerprint density at radius 2 is 1.72 bits per heavy atom. The molecule has 25 heavy (non-hydrogen) atoms. The smallest absolute Gasteiger partial charge is 0.255 e. The zero-order valence-electron chi connectivity index (χ0n) is 13.4. The Kier molecular flexibility index (Phi) is 5.59. The molecule has 0 radical (unpaired) electrons. The molecule has 2 aromatic carbocycles. The van der Waals surface area contributed by atoms with E-state index in [2.05, 4.69) is 10.3 Å². The summed E-state index contributed by atoms with van der Waals surface area (Å²) in [6, 6.07) is 20.0. The number of pyridine rings is 1. The number of hydrogen-bond donors (Lipinski definition) is 1. The largest absolute Gasteiger partial charge is 0.321 e. The molecule has 124 valence electrons. The van der Waals surface area contributed by atoms with Crippen LogP contribution in [0.4, 0.5) is 5.69 Å². The third-order valence-electron chi connectivity index (χ3n) is 3.48. The molecule has 0 bridgehead atoms. The number of nitrogens with zero attached hydrogens (tertiary/aromatic N) is 1. The van der Waals surface area contributed by atoms with Crippen molar-refractivity contribution in [3.63, 3.8) is 0 Å². The molecule has 0 unspecified atom stereocenters. The number of carbonyl (C=O) groups excluding carboxylic acids is 2. The third-order valence-corrected chi connectivity index (χ3v) is 4.48. The lowest BCUT2D eigenvalue weighted by Crippen LogP contribution is -2.12. The van der Waals surface area contributed by atoms with Crippen molar-refractivity contribution in [1.29, 1.82) is 0 Å². The number of anilines is 1. The highest BCUT2D eigenvalue weighted by atomic mass is 32.2. The highest BCUT2D eigenvalue weighted by Crippen LogP contribution is 2.21. The van der Waals surface area contributed by atoms with Gasteiger partial charge in [0.15, 0.2) is 5.78 Å². The number of benzene rings is 2. The summed E-state index contributed by atoms with van der Waals surface area (Å²) in [5.74, 6) is 0.193. The topological polar surface area (TPSA) is 59.1 Å². The maximum Gasteiger partial charge on any atom is 0.255 e. The van der Waals surface area contributed by atoms with Gasteiger partial charge in [0.05, 0.1) is 17.6 Å². The zero-order valence-corrected chi connectivity index (χ0v) is 14.2.